The van der Waals surface area contributed by atoms with Gasteiger partial charge in [-0.25, -0.2) is 0 Å². The molecule has 0 heterocycles. The summed E-state index contributed by atoms with van der Waals surface area (Å²) >= 11 is 0. The molecule has 3 aliphatic carbocycles. The van der Waals surface area contributed by atoms with Crippen molar-refractivity contribution in [1.82, 2.24) is 0 Å². The molecule has 0 spiro atoms. The highest BCUT2D eigenvalue weighted by Gasteiger charge is 2.63. The number of carbonyl (C=O) groups is 1. The van der Waals surface area contributed by atoms with Crippen molar-refractivity contribution in [2.75, 3.05) is 0 Å². The molecule has 3 aliphatic rings. The number of hydrogen-bond donors (Lipinski definition) is 1. The van der Waals surface area contributed by atoms with Crippen molar-refractivity contribution in [3.63, 3.8) is 0 Å². The van der Waals surface area contributed by atoms with Gasteiger partial charge in [-0.15, -0.1) is 0 Å². The van der Waals surface area contributed by atoms with Gasteiger partial charge in [-0.05, 0) is 49.9 Å². The number of fused-ring (bicyclic) bond motifs is 5. The van der Waals surface area contributed by atoms with E-state index in [-0.39, 0.29) is 10.1 Å². The molecule has 3 fully saturated rings. The molecule has 14 heavy (non-hydrogen) atoms. The van der Waals surface area contributed by atoms with E-state index in [1.807, 2.05) is 0 Å². The van der Waals surface area contributed by atoms with E-state index in [0.29, 0.717) is 11.8 Å². The number of rotatable bonds is 1. The molecule has 0 aromatic carbocycles. The zero-order valence-corrected chi connectivity index (χ0v) is 8.24. The molecule has 0 aromatic heterocycles. The smallest absolute Gasteiger partial charge is 0.310 e. The lowest BCUT2D eigenvalue weighted by Crippen LogP contribution is -2.39. The van der Waals surface area contributed by atoms with Gasteiger partial charge in [0.15, 0.2) is 0 Å². The van der Waals surface area contributed by atoms with Gasteiger partial charge in [-0.1, -0.05) is 6.42 Å². The van der Waals surface area contributed by atoms with Crippen LogP contribution in [0.25, 0.3) is 0 Å². The third kappa shape index (κ3) is 0.882. The highest BCUT2D eigenvalue weighted by Crippen LogP contribution is 2.66. The van der Waals surface area contributed by atoms with E-state index < -0.39 is 5.97 Å². The van der Waals surface area contributed by atoms with Gasteiger partial charge in [0.1, 0.15) is 0 Å². The van der Waals surface area contributed by atoms with E-state index in [0.717, 1.165) is 18.8 Å². The zero-order chi connectivity index (χ0) is 9.05. The van der Waals surface area contributed by atoms with Crippen LogP contribution < -0.4 is 0 Å². The summed E-state index contributed by atoms with van der Waals surface area (Å²) in [6.45, 7) is 0. The first kappa shape index (κ1) is 9.94. The highest BCUT2D eigenvalue weighted by molar-refractivity contribution is 5.77. The number of carboxylic acids is 1. The topological polar surface area (TPSA) is 37.3 Å². The minimum atomic E-state index is -0.484. The number of carboxylic acid groups (broad SMARTS) is 1. The van der Waals surface area contributed by atoms with Crippen LogP contribution >= 0.6 is 0 Å². The van der Waals surface area contributed by atoms with Gasteiger partial charge in [0.2, 0.25) is 0 Å². The predicted molar refractivity (Wildman–Crippen MR) is 50.7 cm³/mol. The summed E-state index contributed by atoms with van der Waals surface area (Å²) in [5.74, 6) is 1.36. The second-order valence-corrected chi connectivity index (χ2v) is 5.11. The molecule has 2 bridgehead atoms. The lowest BCUT2D eigenvalue weighted by molar-refractivity contribution is -0.154. The fourth-order valence-electron chi connectivity index (χ4n) is 4.51. The second-order valence-electron chi connectivity index (χ2n) is 5.11. The fraction of sp³-hybridized carbons (Fsp3) is 0.909. The number of halogens is 1. The SMILES string of the molecule is F.O=C(O)C12CCCC1C1CCC2C1. The minimum Gasteiger partial charge on any atom is -0.481 e. The van der Waals surface area contributed by atoms with E-state index >= 15 is 0 Å². The van der Waals surface area contributed by atoms with Crippen LogP contribution in [0.15, 0.2) is 0 Å². The first-order valence-corrected chi connectivity index (χ1v) is 5.48. The molecule has 1 N–H and O–H groups in total. The van der Waals surface area contributed by atoms with Crippen LogP contribution in [0.5, 0.6) is 0 Å². The van der Waals surface area contributed by atoms with Crippen LogP contribution in [-0.4, -0.2) is 11.1 Å². The number of hydrogen-bond acceptors (Lipinski definition) is 1. The van der Waals surface area contributed by atoms with Crippen LogP contribution in [0.4, 0.5) is 4.70 Å². The Kier molecular flexibility index (Phi) is 2.09. The molecule has 4 unspecified atom stereocenters. The maximum absolute atomic E-state index is 11.4. The summed E-state index contributed by atoms with van der Waals surface area (Å²) in [5, 5.41) is 9.40. The van der Waals surface area contributed by atoms with Gasteiger partial charge < -0.3 is 5.11 Å². The van der Waals surface area contributed by atoms with Crippen LogP contribution in [0.2, 0.25) is 0 Å². The first-order valence-electron chi connectivity index (χ1n) is 5.48. The monoisotopic (exact) mass is 200 g/mol. The second kappa shape index (κ2) is 2.94. The Hall–Kier alpha value is -0.600. The molecule has 0 saturated heterocycles. The molecule has 0 amide bonds. The van der Waals surface area contributed by atoms with E-state index in [9.17, 15) is 9.90 Å². The standard InChI is InChI=1S/C11H16O2.FH/c12-10(13)11-5-1-2-9(11)7-3-4-8(11)6-7;/h7-9H,1-6H2,(H,12,13);1H. The van der Waals surface area contributed by atoms with Crippen LogP contribution in [0.1, 0.15) is 38.5 Å². The third-order valence-corrected chi connectivity index (χ3v) is 4.94. The van der Waals surface area contributed by atoms with E-state index in [1.54, 1.807) is 0 Å². The van der Waals surface area contributed by atoms with Gasteiger partial charge in [0.05, 0.1) is 5.41 Å². The molecule has 0 aliphatic heterocycles. The Balaban J connectivity index is 0.000000750. The summed E-state index contributed by atoms with van der Waals surface area (Å²) in [6.07, 6.45) is 7.03. The Morgan fingerprint density at radius 2 is 2.07 bits per heavy atom. The quantitative estimate of drug-likeness (QED) is 0.705. The lowest BCUT2D eigenvalue weighted by Gasteiger charge is -2.35. The first-order chi connectivity index (χ1) is 6.25. The average Bonchev–Trinajstić information content (AvgIpc) is 2.76. The average molecular weight is 200 g/mol. The maximum Gasteiger partial charge on any atom is 0.310 e. The molecule has 3 heteroatoms. The van der Waals surface area contributed by atoms with Crippen molar-refractivity contribution in [2.24, 2.45) is 23.2 Å². The van der Waals surface area contributed by atoms with Gasteiger partial charge >= 0.3 is 5.97 Å². The van der Waals surface area contributed by atoms with E-state index in [4.69, 9.17) is 0 Å². The molecule has 4 atom stereocenters. The molecule has 3 saturated carbocycles. The van der Waals surface area contributed by atoms with E-state index in [2.05, 4.69) is 0 Å². The lowest BCUT2D eigenvalue weighted by atomic mass is 9.68. The van der Waals surface area contributed by atoms with Crippen molar-refractivity contribution in [1.29, 1.82) is 0 Å². The van der Waals surface area contributed by atoms with Crippen molar-refractivity contribution in [3.05, 3.63) is 0 Å². The zero-order valence-electron chi connectivity index (χ0n) is 8.24. The molecule has 3 rings (SSSR count). The Morgan fingerprint density at radius 3 is 2.71 bits per heavy atom. The molecule has 0 radical (unpaired) electrons. The van der Waals surface area contributed by atoms with Gasteiger partial charge in [-0.2, -0.15) is 0 Å². The maximum atomic E-state index is 11.4. The van der Waals surface area contributed by atoms with Crippen molar-refractivity contribution >= 4 is 5.97 Å². The Bertz CT molecular complexity index is 266. The summed E-state index contributed by atoms with van der Waals surface area (Å²) in [6, 6.07) is 0. The largest absolute Gasteiger partial charge is 0.481 e. The van der Waals surface area contributed by atoms with Crippen LogP contribution in [0, 0.1) is 23.2 Å². The highest BCUT2D eigenvalue weighted by atomic mass is 19.0. The fourth-order valence-corrected chi connectivity index (χ4v) is 4.51. The molecular formula is C11H17FO2. The molecule has 2 nitrogen and oxygen atoms in total. The summed E-state index contributed by atoms with van der Waals surface area (Å²) in [5.41, 5.74) is -0.261. The third-order valence-electron chi connectivity index (χ3n) is 4.94. The molecule has 80 valence electrons. The van der Waals surface area contributed by atoms with Crippen molar-refractivity contribution in [2.45, 2.75) is 38.5 Å². The van der Waals surface area contributed by atoms with Gasteiger partial charge in [-0.3, -0.25) is 9.50 Å². The van der Waals surface area contributed by atoms with Crippen LogP contribution in [0.3, 0.4) is 0 Å². The van der Waals surface area contributed by atoms with Crippen molar-refractivity contribution < 1.29 is 14.6 Å². The summed E-state index contributed by atoms with van der Waals surface area (Å²) in [7, 11) is 0. The van der Waals surface area contributed by atoms with Gasteiger partial charge in [0.25, 0.3) is 0 Å². The summed E-state index contributed by atoms with van der Waals surface area (Å²) < 4.78 is 0. The Labute approximate surface area is 83.1 Å². The predicted octanol–water partition coefficient (Wildman–Crippen LogP) is 2.44. The van der Waals surface area contributed by atoms with Crippen LogP contribution in [-0.2, 0) is 4.79 Å². The van der Waals surface area contributed by atoms with Crippen molar-refractivity contribution in [3.8, 4) is 0 Å². The molecular weight excluding hydrogens is 183 g/mol. The minimum absolute atomic E-state index is 0. The normalized spacial score (nSPS) is 48.7. The number of aliphatic carboxylic acids is 1. The van der Waals surface area contributed by atoms with Gasteiger partial charge in [0, 0.05) is 0 Å². The Morgan fingerprint density at radius 1 is 1.29 bits per heavy atom. The molecule has 0 aromatic rings. The van der Waals surface area contributed by atoms with E-state index in [1.165, 1.54) is 25.7 Å². The summed E-state index contributed by atoms with van der Waals surface area (Å²) in [4.78, 5) is 11.4.